The Morgan fingerprint density at radius 3 is 2.49 bits per heavy atom. The van der Waals surface area contributed by atoms with Crippen LogP contribution in [0.3, 0.4) is 0 Å². The zero-order valence-corrected chi connectivity index (χ0v) is 23.2. The normalized spacial score (nSPS) is 15.3. The van der Waals surface area contributed by atoms with Gasteiger partial charge < -0.3 is 14.4 Å². The van der Waals surface area contributed by atoms with Gasteiger partial charge in [-0.25, -0.2) is 9.79 Å². The second-order valence-electron chi connectivity index (χ2n) is 8.45. The minimum atomic E-state index is -0.679. The van der Waals surface area contributed by atoms with Crippen molar-refractivity contribution in [2.45, 2.75) is 33.7 Å². The summed E-state index contributed by atoms with van der Waals surface area (Å²) in [4.78, 5) is 34.2. The van der Waals surface area contributed by atoms with Crippen molar-refractivity contribution < 1.29 is 14.3 Å². The van der Waals surface area contributed by atoms with Crippen LogP contribution < -0.4 is 24.5 Å². The second-order valence-corrected chi connectivity index (χ2v) is 9.90. The lowest BCUT2D eigenvalue weighted by Crippen LogP contribution is -2.39. The van der Waals surface area contributed by atoms with E-state index >= 15 is 0 Å². The fraction of sp³-hybridized carbons (Fsp3) is 0.321. The van der Waals surface area contributed by atoms with Gasteiger partial charge in [-0.2, -0.15) is 0 Å². The summed E-state index contributed by atoms with van der Waals surface area (Å²) >= 11 is 7.40. The first-order valence-electron chi connectivity index (χ1n) is 12.2. The number of nitrogens with zero attached hydrogens (tertiary/aromatic N) is 3. The first-order valence-corrected chi connectivity index (χ1v) is 13.4. The molecule has 9 heteroatoms. The molecule has 1 unspecified atom stereocenters. The predicted molar refractivity (Wildman–Crippen MR) is 148 cm³/mol. The molecule has 0 spiro atoms. The topological polar surface area (TPSA) is 73.1 Å². The van der Waals surface area contributed by atoms with Gasteiger partial charge in [-0.15, -0.1) is 0 Å². The Kier molecular flexibility index (Phi) is 8.19. The van der Waals surface area contributed by atoms with Gasteiger partial charge in [0, 0.05) is 35.4 Å². The van der Waals surface area contributed by atoms with E-state index in [9.17, 15) is 9.59 Å². The monoisotopic (exact) mass is 539 g/mol. The van der Waals surface area contributed by atoms with Gasteiger partial charge in [-0.3, -0.25) is 9.36 Å². The van der Waals surface area contributed by atoms with E-state index in [4.69, 9.17) is 21.1 Å². The molecule has 0 aliphatic carbocycles. The highest BCUT2D eigenvalue weighted by Gasteiger charge is 2.33. The zero-order chi connectivity index (χ0) is 26.7. The Bertz CT molecular complexity index is 1520. The van der Waals surface area contributed by atoms with Gasteiger partial charge in [-0.05, 0) is 63.6 Å². The van der Waals surface area contributed by atoms with Crippen LogP contribution in [-0.4, -0.2) is 37.3 Å². The summed E-state index contributed by atoms with van der Waals surface area (Å²) in [6, 6.07) is 12.4. The SMILES string of the molecule is CCOC(=O)C1=C(C)N=c2s/c(=C\c3ccc(N(CC)CC)cc3OC)c(=O)n2C1c1ccc(Cl)cc1. The van der Waals surface area contributed by atoms with E-state index in [0.717, 1.165) is 29.9 Å². The van der Waals surface area contributed by atoms with Gasteiger partial charge in [0.25, 0.3) is 5.56 Å². The third kappa shape index (κ3) is 5.22. The first-order chi connectivity index (χ1) is 17.8. The number of methoxy groups -OCH3 is 1. The average Bonchev–Trinajstić information content (AvgIpc) is 3.19. The molecular weight excluding hydrogens is 510 g/mol. The summed E-state index contributed by atoms with van der Waals surface area (Å²) in [5.74, 6) is 0.180. The van der Waals surface area contributed by atoms with Crippen LogP contribution in [0.25, 0.3) is 6.08 Å². The van der Waals surface area contributed by atoms with Crippen molar-refractivity contribution in [3.63, 3.8) is 0 Å². The van der Waals surface area contributed by atoms with Crippen molar-refractivity contribution in [1.29, 1.82) is 0 Å². The number of anilines is 1. The predicted octanol–water partition coefficient (Wildman–Crippen LogP) is 4.31. The number of allylic oxidation sites excluding steroid dienone is 1. The van der Waals surface area contributed by atoms with Crippen LogP contribution in [0.5, 0.6) is 5.75 Å². The van der Waals surface area contributed by atoms with Crippen LogP contribution in [0.2, 0.25) is 5.02 Å². The highest BCUT2D eigenvalue weighted by atomic mass is 35.5. The maximum atomic E-state index is 13.8. The van der Waals surface area contributed by atoms with Gasteiger partial charge in [0.2, 0.25) is 0 Å². The van der Waals surface area contributed by atoms with E-state index in [-0.39, 0.29) is 12.2 Å². The van der Waals surface area contributed by atoms with E-state index in [0.29, 0.717) is 31.4 Å². The quantitative estimate of drug-likeness (QED) is 0.399. The number of hydrogen-bond acceptors (Lipinski definition) is 7. The number of thiazole rings is 1. The smallest absolute Gasteiger partial charge is 0.338 e. The molecule has 1 aliphatic heterocycles. The summed E-state index contributed by atoms with van der Waals surface area (Å²) in [6.07, 6.45) is 1.82. The van der Waals surface area contributed by atoms with Crippen LogP contribution in [0.1, 0.15) is 44.9 Å². The molecule has 1 atom stereocenters. The molecule has 3 aromatic rings. The average molecular weight is 540 g/mol. The zero-order valence-electron chi connectivity index (χ0n) is 21.6. The van der Waals surface area contributed by atoms with E-state index in [1.165, 1.54) is 11.3 Å². The molecule has 0 saturated heterocycles. The number of benzene rings is 2. The van der Waals surface area contributed by atoms with E-state index < -0.39 is 12.0 Å². The summed E-state index contributed by atoms with van der Waals surface area (Å²) in [7, 11) is 1.62. The Labute approximate surface area is 224 Å². The summed E-state index contributed by atoms with van der Waals surface area (Å²) in [5.41, 5.74) is 3.20. The second kappa shape index (κ2) is 11.4. The van der Waals surface area contributed by atoms with Gasteiger partial charge in [0.05, 0.1) is 35.6 Å². The van der Waals surface area contributed by atoms with Crippen molar-refractivity contribution in [2.75, 3.05) is 31.7 Å². The molecule has 2 aromatic carbocycles. The Morgan fingerprint density at radius 2 is 1.86 bits per heavy atom. The minimum Gasteiger partial charge on any atom is -0.496 e. The van der Waals surface area contributed by atoms with Crippen molar-refractivity contribution in [1.82, 2.24) is 4.57 Å². The molecule has 1 aliphatic rings. The van der Waals surface area contributed by atoms with Crippen molar-refractivity contribution in [3.05, 3.63) is 89.6 Å². The summed E-state index contributed by atoms with van der Waals surface area (Å²) in [6.45, 7) is 9.70. The molecular formula is C28H30ClN3O4S. The maximum absolute atomic E-state index is 13.8. The largest absolute Gasteiger partial charge is 0.496 e. The van der Waals surface area contributed by atoms with Gasteiger partial charge in [0.15, 0.2) is 4.80 Å². The molecule has 2 heterocycles. The lowest BCUT2D eigenvalue weighted by Gasteiger charge is -2.24. The van der Waals surface area contributed by atoms with E-state index in [2.05, 4.69) is 23.7 Å². The molecule has 0 N–H and O–H groups in total. The Hall–Kier alpha value is -3.36. The van der Waals surface area contributed by atoms with Crippen LogP contribution in [-0.2, 0) is 9.53 Å². The number of fused-ring (bicyclic) bond motifs is 1. The fourth-order valence-electron chi connectivity index (χ4n) is 4.50. The highest BCUT2D eigenvalue weighted by molar-refractivity contribution is 7.07. The number of esters is 1. The molecule has 0 radical (unpaired) electrons. The Morgan fingerprint density at radius 1 is 1.16 bits per heavy atom. The molecule has 0 fully saturated rings. The van der Waals surface area contributed by atoms with E-state index in [1.54, 1.807) is 37.7 Å². The maximum Gasteiger partial charge on any atom is 0.338 e. The van der Waals surface area contributed by atoms with Crippen LogP contribution in [0, 0.1) is 0 Å². The number of carbonyl (C=O) groups excluding carboxylic acids is 1. The van der Waals surface area contributed by atoms with E-state index in [1.807, 2.05) is 36.4 Å². The highest BCUT2D eigenvalue weighted by Crippen LogP contribution is 2.31. The van der Waals surface area contributed by atoms with Crippen LogP contribution in [0.4, 0.5) is 5.69 Å². The third-order valence-electron chi connectivity index (χ3n) is 6.34. The molecule has 0 saturated carbocycles. The van der Waals surface area contributed by atoms with Crippen LogP contribution >= 0.6 is 22.9 Å². The Balaban J connectivity index is 1.90. The standard InChI is InChI=1S/C28H30ClN3O4S/c1-6-31(7-2)21-14-11-19(22(16-21)35-5)15-23-26(33)32-25(18-9-12-20(29)13-10-18)24(27(34)36-8-3)17(4)30-28(32)37-23/h9-16,25H,6-8H2,1-5H3/b23-15-. The summed E-state index contributed by atoms with van der Waals surface area (Å²) < 4.78 is 13.1. The van der Waals surface area contributed by atoms with Crippen LogP contribution in [0.15, 0.2) is 63.5 Å². The lowest BCUT2D eigenvalue weighted by molar-refractivity contribution is -0.139. The number of carbonyl (C=O) groups is 1. The van der Waals surface area contributed by atoms with Gasteiger partial charge in [0.1, 0.15) is 5.75 Å². The number of rotatable bonds is 8. The first kappa shape index (κ1) is 26.7. The number of ether oxygens (including phenoxy) is 2. The molecule has 4 rings (SSSR count). The summed E-state index contributed by atoms with van der Waals surface area (Å²) in [5, 5.41) is 0.565. The molecule has 194 valence electrons. The van der Waals surface area contributed by atoms with Gasteiger partial charge in [-0.1, -0.05) is 35.1 Å². The van der Waals surface area contributed by atoms with Gasteiger partial charge >= 0.3 is 5.97 Å². The molecule has 0 bridgehead atoms. The minimum absolute atomic E-state index is 0.219. The van der Waals surface area contributed by atoms with Crippen molar-refractivity contribution in [2.24, 2.45) is 4.99 Å². The molecule has 37 heavy (non-hydrogen) atoms. The van der Waals surface area contributed by atoms with Crippen molar-refractivity contribution in [3.8, 4) is 5.75 Å². The lowest BCUT2D eigenvalue weighted by atomic mass is 9.96. The molecule has 1 aromatic heterocycles. The number of hydrogen-bond donors (Lipinski definition) is 0. The molecule has 7 nitrogen and oxygen atoms in total. The third-order valence-corrected chi connectivity index (χ3v) is 7.57. The fourth-order valence-corrected chi connectivity index (χ4v) is 5.66. The number of aromatic nitrogens is 1. The van der Waals surface area contributed by atoms with Crippen molar-refractivity contribution >= 4 is 40.7 Å². The molecule has 0 amide bonds. The number of halogens is 1.